The molecule has 1 aliphatic rings. The van der Waals surface area contributed by atoms with Crippen molar-refractivity contribution in [3.63, 3.8) is 0 Å². The van der Waals surface area contributed by atoms with Gasteiger partial charge in [0.25, 0.3) is 0 Å². The fraction of sp³-hybridized carbons (Fsp3) is 0.500. The first-order chi connectivity index (χ1) is 6.77. The number of hydrogen-bond donors (Lipinski definition) is 0. The van der Waals surface area contributed by atoms with Crippen molar-refractivity contribution >= 4 is 5.78 Å². The number of nitrogens with zero attached hydrogens (tertiary/aromatic N) is 1. The zero-order chi connectivity index (χ0) is 9.97. The number of Topliss-reactive ketones (excluding diaryl/α,β-unsaturated/α-hetero) is 1. The Labute approximate surface area is 84.4 Å². The first-order valence-electron chi connectivity index (χ1n) is 5.22. The van der Waals surface area contributed by atoms with Gasteiger partial charge in [-0.25, -0.2) is 0 Å². The molecular formula is C12H15NO. The molecule has 0 saturated heterocycles. The number of aryl methyl sites for hydroxylation is 1. The van der Waals surface area contributed by atoms with E-state index in [0.29, 0.717) is 5.78 Å². The Hall–Kier alpha value is -1.18. The van der Waals surface area contributed by atoms with E-state index in [4.69, 9.17) is 0 Å². The van der Waals surface area contributed by atoms with Gasteiger partial charge in [-0.3, -0.25) is 9.78 Å². The highest BCUT2D eigenvalue weighted by Gasteiger charge is 2.24. The van der Waals surface area contributed by atoms with Crippen LogP contribution >= 0.6 is 0 Å². The monoisotopic (exact) mass is 189 g/mol. The van der Waals surface area contributed by atoms with E-state index < -0.39 is 0 Å². The van der Waals surface area contributed by atoms with Crippen molar-refractivity contribution in [2.24, 2.45) is 0 Å². The molecule has 1 aromatic rings. The summed E-state index contributed by atoms with van der Waals surface area (Å²) in [7, 11) is 0. The van der Waals surface area contributed by atoms with Crippen LogP contribution in [-0.4, -0.2) is 10.8 Å². The van der Waals surface area contributed by atoms with Crippen LogP contribution in [0.5, 0.6) is 0 Å². The van der Waals surface area contributed by atoms with E-state index in [1.807, 2.05) is 19.1 Å². The smallest absolute Gasteiger partial charge is 0.141 e. The highest BCUT2D eigenvalue weighted by Crippen LogP contribution is 2.28. The molecule has 2 nitrogen and oxygen atoms in total. The summed E-state index contributed by atoms with van der Waals surface area (Å²) in [5.41, 5.74) is 2.16. The molecule has 0 aliphatic heterocycles. The molecule has 1 atom stereocenters. The van der Waals surface area contributed by atoms with Crippen LogP contribution in [0.3, 0.4) is 0 Å². The van der Waals surface area contributed by atoms with Gasteiger partial charge in [0.15, 0.2) is 0 Å². The maximum absolute atomic E-state index is 11.7. The lowest BCUT2D eigenvalue weighted by molar-refractivity contribution is -0.121. The minimum Gasteiger partial charge on any atom is -0.299 e. The third-order valence-electron chi connectivity index (χ3n) is 2.85. The van der Waals surface area contributed by atoms with Crippen LogP contribution in [0.15, 0.2) is 18.3 Å². The largest absolute Gasteiger partial charge is 0.299 e. The zero-order valence-corrected chi connectivity index (χ0v) is 8.49. The van der Waals surface area contributed by atoms with Crippen molar-refractivity contribution in [3.05, 3.63) is 29.6 Å². The van der Waals surface area contributed by atoms with Gasteiger partial charge >= 0.3 is 0 Å². The third-order valence-corrected chi connectivity index (χ3v) is 2.85. The van der Waals surface area contributed by atoms with E-state index in [1.165, 1.54) is 5.56 Å². The predicted octanol–water partition coefficient (Wildman–Crippen LogP) is 2.62. The van der Waals surface area contributed by atoms with Crippen LogP contribution in [0.4, 0.5) is 0 Å². The van der Waals surface area contributed by atoms with Gasteiger partial charge in [-0.15, -0.1) is 0 Å². The van der Waals surface area contributed by atoms with Crippen LogP contribution in [-0.2, 0) is 4.79 Å². The van der Waals surface area contributed by atoms with Gasteiger partial charge in [-0.1, -0.05) is 6.42 Å². The number of carbonyl (C=O) groups is 1. The molecule has 2 heteroatoms. The highest BCUT2D eigenvalue weighted by atomic mass is 16.1. The maximum Gasteiger partial charge on any atom is 0.141 e. The molecule has 14 heavy (non-hydrogen) atoms. The SMILES string of the molecule is Cc1ccnc([C@H]2CCCCC2=O)c1. The molecule has 0 bridgehead atoms. The van der Waals surface area contributed by atoms with E-state index in [-0.39, 0.29) is 5.92 Å². The van der Waals surface area contributed by atoms with Crippen molar-refractivity contribution < 1.29 is 4.79 Å². The summed E-state index contributed by atoms with van der Waals surface area (Å²) in [5, 5.41) is 0. The van der Waals surface area contributed by atoms with Crippen molar-refractivity contribution in [1.82, 2.24) is 4.98 Å². The molecule has 1 saturated carbocycles. The van der Waals surface area contributed by atoms with Crippen molar-refractivity contribution in [2.75, 3.05) is 0 Å². The van der Waals surface area contributed by atoms with Crippen molar-refractivity contribution in [2.45, 2.75) is 38.5 Å². The Morgan fingerprint density at radius 2 is 2.29 bits per heavy atom. The molecule has 1 fully saturated rings. The molecule has 2 rings (SSSR count). The highest BCUT2D eigenvalue weighted by molar-refractivity contribution is 5.85. The molecule has 0 radical (unpaired) electrons. The molecule has 0 spiro atoms. The molecular weight excluding hydrogens is 174 g/mol. The molecule has 0 aromatic carbocycles. The number of carbonyl (C=O) groups excluding carboxylic acids is 1. The molecule has 1 aromatic heterocycles. The summed E-state index contributed by atoms with van der Waals surface area (Å²) in [6.45, 7) is 2.04. The lowest BCUT2D eigenvalue weighted by Crippen LogP contribution is -2.18. The number of aromatic nitrogens is 1. The number of ketones is 1. The Kier molecular flexibility index (Phi) is 2.62. The quantitative estimate of drug-likeness (QED) is 0.679. The van der Waals surface area contributed by atoms with Gasteiger partial charge in [0.05, 0.1) is 11.6 Å². The van der Waals surface area contributed by atoms with Crippen LogP contribution in [0.25, 0.3) is 0 Å². The predicted molar refractivity (Wildman–Crippen MR) is 55.2 cm³/mol. The molecule has 74 valence electrons. The minimum absolute atomic E-state index is 0.0728. The molecule has 1 heterocycles. The molecule has 0 amide bonds. The second-order valence-electron chi connectivity index (χ2n) is 4.02. The Balaban J connectivity index is 2.24. The Bertz CT molecular complexity index is 346. The lowest BCUT2D eigenvalue weighted by Gasteiger charge is -2.19. The normalized spacial score (nSPS) is 22.4. The maximum atomic E-state index is 11.7. The van der Waals surface area contributed by atoms with Gasteiger partial charge in [-0.05, 0) is 37.5 Å². The van der Waals surface area contributed by atoms with E-state index in [0.717, 1.165) is 31.4 Å². The van der Waals surface area contributed by atoms with Gasteiger partial charge in [-0.2, -0.15) is 0 Å². The van der Waals surface area contributed by atoms with Crippen LogP contribution in [0.1, 0.15) is 42.9 Å². The van der Waals surface area contributed by atoms with Crippen LogP contribution in [0, 0.1) is 6.92 Å². The van der Waals surface area contributed by atoms with E-state index in [1.54, 1.807) is 6.20 Å². The van der Waals surface area contributed by atoms with Gasteiger partial charge in [0.1, 0.15) is 5.78 Å². The second-order valence-corrected chi connectivity index (χ2v) is 4.02. The average molecular weight is 189 g/mol. The summed E-state index contributed by atoms with van der Waals surface area (Å²) < 4.78 is 0. The summed E-state index contributed by atoms with van der Waals surface area (Å²) in [6, 6.07) is 4.00. The fourth-order valence-corrected chi connectivity index (χ4v) is 2.05. The second kappa shape index (κ2) is 3.91. The number of rotatable bonds is 1. The van der Waals surface area contributed by atoms with Crippen molar-refractivity contribution in [1.29, 1.82) is 0 Å². The fourth-order valence-electron chi connectivity index (χ4n) is 2.05. The third kappa shape index (κ3) is 1.84. The minimum atomic E-state index is 0.0728. The number of hydrogen-bond acceptors (Lipinski definition) is 2. The van der Waals surface area contributed by atoms with Crippen LogP contribution < -0.4 is 0 Å². The molecule has 0 N–H and O–H groups in total. The van der Waals surface area contributed by atoms with Gasteiger partial charge in [0.2, 0.25) is 0 Å². The summed E-state index contributed by atoms with van der Waals surface area (Å²) in [5.74, 6) is 0.443. The summed E-state index contributed by atoms with van der Waals surface area (Å²) in [6.07, 6.45) is 5.73. The molecule has 1 aliphatic carbocycles. The first-order valence-corrected chi connectivity index (χ1v) is 5.22. The lowest BCUT2D eigenvalue weighted by atomic mass is 9.85. The average Bonchev–Trinajstić information content (AvgIpc) is 2.18. The first kappa shape index (κ1) is 9.38. The Morgan fingerprint density at radius 1 is 1.43 bits per heavy atom. The zero-order valence-electron chi connectivity index (χ0n) is 8.49. The number of pyridine rings is 1. The standard InChI is InChI=1S/C12H15NO/c1-9-6-7-13-11(8-9)10-4-2-3-5-12(10)14/h6-8,10H,2-5H2,1H3/t10-/m1/s1. The van der Waals surface area contributed by atoms with Crippen LogP contribution in [0.2, 0.25) is 0 Å². The Morgan fingerprint density at radius 3 is 3.00 bits per heavy atom. The summed E-state index contributed by atoms with van der Waals surface area (Å²) >= 11 is 0. The van der Waals surface area contributed by atoms with Gasteiger partial charge < -0.3 is 0 Å². The van der Waals surface area contributed by atoms with E-state index in [2.05, 4.69) is 4.98 Å². The summed E-state index contributed by atoms with van der Waals surface area (Å²) in [4.78, 5) is 16.0. The van der Waals surface area contributed by atoms with E-state index >= 15 is 0 Å². The van der Waals surface area contributed by atoms with E-state index in [9.17, 15) is 4.79 Å². The van der Waals surface area contributed by atoms with Crippen molar-refractivity contribution in [3.8, 4) is 0 Å². The molecule has 0 unspecified atom stereocenters. The topological polar surface area (TPSA) is 30.0 Å². The van der Waals surface area contributed by atoms with Gasteiger partial charge in [0, 0.05) is 12.6 Å².